The van der Waals surface area contributed by atoms with Crippen molar-refractivity contribution in [3.63, 3.8) is 0 Å². The number of carbonyl (C=O) groups excluding carboxylic acids is 1. The summed E-state index contributed by atoms with van der Waals surface area (Å²) in [7, 11) is 0. The third-order valence-electron chi connectivity index (χ3n) is 2.79. The number of aromatic nitrogens is 1. The molecule has 0 bridgehead atoms. The number of benzene rings is 1. The molecule has 0 saturated heterocycles. The molecule has 0 spiro atoms. The molecule has 0 radical (unpaired) electrons. The van der Waals surface area contributed by atoms with Crippen LogP contribution in [0.1, 0.15) is 24.2 Å². The summed E-state index contributed by atoms with van der Waals surface area (Å²) >= 11 is 0. The summed E-state index contributed by atoms with van der Waals surface area (Å²) in [6.45, 7) is 5.30. The van der Waals surface area contributed by atoms with Crippen LogP contribution in [-0.2, 0) is 0 Å². The Hall–Kier alpha value is -2.56. The van der Waals surface area contributed by atoms with Gasteiger partial charge >= 0.3 is 0 Å². The molecule has 110 valence electrons. The zero-order valence-corrected chi connectivity index (χ0v) is 12.2. The van der Waals surface area contributed by atoms with Crippen molar-refractivity contribution in [3.05, 3.63) is 48.2 Å². The molecule has 0 aliphatic carbocycles. The summed E-state index contributed by atoms with van der Waals surface area (Å²) in [6.07, 6.45) is 1.56. The molecule has 0 aliphatic rings. The van der Waals surface area contributed by atoms with Crippen molar-refractivity contribution in [2.75, 3.05) is 23.8 Å². The van der Waals surface area contributed by atoms with Gasteiger partial charge in [0, 0.05) is 24.5 Å². The Morgan fingerprint density at radius 3 is 2.76 bits per heavy atom. The normalized spacial score (nSPS) is 10.0. The van der Waals surface area contributed by atoms with E-state index in [4.69, 9.17) is 4.74 Å². The van der Waals surface area contributed by atoms with Crippen molar-refractivity contribution in [2.24, 2.45) is 0 Å². The molecule has 1 aromatic heterocycles. The highest BCUT2D eigenvalue weighted by molar-refractivity contribution is 6.04. The van der Waals surface area contributed by atoms with Gasteiger partial charge < -0.3 is 15.4 Å². The van der Waals surface area contributed by atoms with Crippen molar-refractivity contribution >= 4 is 17.4 Å². The average Bonchev–Trinajstić information content (AvgIpc) is 2.49. The number of nitrogens with zero attached hydrogens (tertiary/aromatic N) is 1. The van der Waals surface area contributed by atoms with Gasteiger partial charge in [-0.25, -0.2) is 4.98 Å². The van der Waals surface area contributed by atoms with Gasteiger partial charge in [-0.15, -0.1) is 0 Å². The van der Waals surface area contributed by atoms with E-state index in [1.807, 2.05) is 32.0 Å². The molecule has 0 atom stereocenters. The minimum absolute atomic E-state index is 0.195. The van der Waals surface area contributed by atoms with Gasteiger partial charge in [0.25, 0.3) is 5.91 Å². The summed E-state index contributed by atoms with van der Waals surface area (Å²) in [5.74, 6) is 1.29. The van der Waals surface area contributed by atoms with Crippen molar-refractivity contribution in [1.82, 2.24) is 4.98 Å². The number of rotatable bonds is 6. The highest BCUT2D eigenvalue weighted by atomic mass is 16.5. The van der Waals surface area contributed by atoms with E-state index in [-0.39, 0.29) is 5.91 Å². The number of hydrogen-bond donors (Lipinski definition) is 2. The van der Waals surface area contributed by atoms with Crippen LogP contribution in [0.5, 0.6) is 5.75 Å². The summed E-state index contributed by atoms with van der Waals surface area (Å²) in [4.78, 5) is 16.3. The van der Waals surface area contributed by atoms with Crippen LogP contribution < -0.4 is 15.4 Å². The number of hydrogen-bond acceptors (Lipinski definition) is 4. The molecule has 1 amide bonds. The number of amides is 1. The Labute approximate surface area is 124 Å². The average molecular weight is 285 g/mol. The Morgan fingerprint density at radius 2 is 2.10 bits per heavy atom. The molecule has 2 N–H and O–H groups in total. The molecule has 5 heteroatoms. The van der Waals surface area contributed by atoms with Gasteiger partial charge in [-0.1, -0.05) is 6.07 Å². The van der Waals surface area contributed by atoms with Gasteiger partial charge in [0.15, 0.2) is 0 Å². The standard InChI is InChI=1S/C16H19N3O2/c1-3-17-15-9-8-12(11-18-15)16(20)19-13-6-5-7-14(10-13)21-4-2/h5-11H,3-4H2,1-2H3,(H,17,18)(H,19,20). The first-order valence-corrected chi connectivity index (χ1v) is 6.97. The predicted molar refractivity (Wildman–Crippen MR) is 84.0 cm³/mol. The monoisotopic (exact) mass is 285 g/mol. The lowest BCUT2D eigenvalue weighted by molar-refractivity contribution is 0.102. The fraction of sp³-hybridized carbons (Fsp3) is 0.250. The van der Waals surface area contributed by atoms with E-state index in [2.05, 4.69) is 15.6 Å². The second-order valence-corrected chi connectivity index (χ2v) is 4.38. The number of ether oxygens (including phenoxy) is 1. The minimum atomic E-state index is -0.195. The lowest BCUT2D eigenvalue weighted by Gasteiger charge is -2.08. The van der Waals surface area contributed by atoms with Gasteiger partial charge in [-0.05, 0) is 38.1 Å². The summed E-state index contributed by atoms with van der Waals surface area (Å²) in [5, 5.41) is 5.91. The van der Waals surface area contributed by atoms with Crippen LogP contribution in [0.15, 0.2) is 42.6 Å². The SMILES string of the molecule is CCNc1ccc(C(=O)Nc2cccc(OCC)c2)cn1. The van der Waals surface area contributed by atoms with Crippen molar-refractivity contribution in [3.8, 4) is 5.75 Å². The van der Waals surface area contributed by atoms with Crippen LogP contribution in [0.2, 0.25) is 0 Å². The smallest absolute Gasteiger partial charge is 0.257 e. The van der Waals surface area contributed by atoms with E-state index in [1.54, 1.807) is 24.4 Å². The van der Waals surface area contributed by atoms with Crippen LogP contribution in [0.25, 0.3) is 0 Å². The van der Waals surface area contributed by atoms with Gasteiger partial charge in [-0.2, -0.15) is 0 Å². The van der Waals surface area contributed by atoms with E-state index in [0.717, 1.165) is 18.1 Å². The van der Waals surface area contributed by atoms with Crippen LogP contribution in [-0.4, -0.2) is 24.0 Å². The summed E-state index contributed by atoms with van der Waals surface area (Å²) in [6, 6.07) is 10.8. The van der Waals surface area contributed by atoms with Crippen molar-refractivity contribution in [1.29, 1.82) is 0 Å². The topological polar surface area (TPSA) is 63.2 Å². The second-order valence-electron chi connectivity index (χ2n) is 4.38. The summed E-state index contributed by atoms with van der Waals surface area (Å²) in [5.41, 5.74) is 1.21. The number of nitrogens with one attached hydrogen (secondary N) is 2. The highest BCUT2D eigenvalue weighted by Crippen LogP contribution is 2.18. The fourth-order valence-corrected chi connectivity index (χ4v) is 1.85. The van der Waals surface area contributed by atoms with Crippen LogP contribution >= 0.6 is 0 Å². The molecule has 2 rings (SSSR count). The maximum absolute atomic E-state index is 12.1. The van der Waals surface area contributed by atoms with Crippen LogP contribution in [0, 0.1) is 0 Å². The Bertz CT molecular complexity index is 597. The van der Waals surface area contributed by atoms with Gasteiger partial charge in [-0.3, -0.25) is 4.79 Å². The van der Waals surface area contributed by atoms with E-state index >= 15 is 0 Å². The third-order valence-corrected chi connectivity index (χ3v) is 2.79. The minimum Gasteiger partial charge on any atom is -0.494 e. The molecule has 0 aliphatic heterocycles. The van der Waals surface area contributed by atoms with Crippen molar-refractivity contribution in [2.45, 2.75) is 13.8 Å². The van der Waals surface area contributed by atoms with E-state index in [1.165, 1.54) is 0 Å². The number of carbonyl (C=O) groups is 1. The summed E-state index contributed by atoms with van der Waals surface area (Å²) < 4.78 is 5.40. The van der Waals surface area contributed by atoms with E-state index in [0.29, 0.717) is 17.9 Å². The first-order chi connectivity index (χ1) is 10.2. The van der Waals surface area contributed by atoms with Gasteiger partial charge in [0.2, 0.25) is 0 Å². The number of pyridine rings is 1. The molecule has 0 saturated carbocycles. The van der Waals surface area contributed by atoms with Crippen molar-refractivity contribution < 1.29 is 9.53 Å². The molecule has 5 nitrogen and oxygen atoms in total. The van der Waals surface area contributed by atoms with E-state index in [9.17, 15) is 4.79 Å². The van der Waals surface area contributed by atoms with Crippen LogP contribution in [0.4, 0.5) is 11.5 Å². The molecular weight excluding hydrogens is 266 g/mol. The Morgan fingerprint density at radius 1 is 1.24 bits per heavy atom. The first kappa shape index (κ1) is 14.8. The predicted octanol–water partition coefficient (Wildman–Crippen LogP) is 3.16. The Balaban J connectivity index is 2.05. The second kappa shape index (κ2) is 7.28. The van der Waals surface area contributed by atoms with Gasteiger partial charge in [0.05, 0.1) is 12.2 Å². The molecule has 1 heterocycles. The molecule has 2 aromatic rings. The zero-order chi connectivity index (χ0) is 15.1. The quantitative estimate of drug-likeness (QED) is 0.855. The lowest BCUT2D eigenvalue weighted by atomic mass is 10.2. The largest absolute Gasteiger partial charge is 0.494 e. The molecule has 21 heavy (non-hydrogen) atoms. The van der Waals surface area contributed by atoms with Crippen LogP contribution in [0.3, 0.4) is 0 Å². The number of anilines is 2. The Kier molecular flexibility index (Phi) is 5.15. The fourth-order valence-electron chi connectivity index (χ4n) is 1.85. The van der Waals surface area contributed by atoms with Gasteiger partial charge in [0.1, 0.15) is 11.6 Å². The first-order valence-electron chi connectivity index (χ1n) is 6.97. The maximum atomic E-state index is 12.1. The van der Waals surface area contributed by atoms with E-state index < -0.39 is 0 Å². The molecule has 0 unspecified atom stereocenters. The molecule has 0 fully saturated rings. The zero-order valence-electron chi connectivity index (χ0n) is 12.2. The third kappa shape index (κ3) is 4.21. The molecule has 1 aromatic carbocycles. The molecular formula is C16H19N3O2. The maximum Gasteiger partial charge on any atom is 0.257 e. The highest BCUT2D eigenvalue weighted by Gasteiger charge is 2.07. The lowest BCUT2D eigenvalue weighted by Crippen LogP contribution is -2.12.